The van der Waals surface area contributed by atoms with E-state index in [1.807, 2.05) is 30.3 Å². The van der Waals surface area contributed by atoms with Crippen molar-refractivity contribution >= 4 is 18.0 Å². The molecule has 0 radical (unpaired) electrons. The lowest BCUT2D eigenvalue weighted by atomic mass is 10.0. The molecule has 5 heteroatoms. The molecule has 0 saturated carbocycles. The first-order valence-electron chi connectivity index (χ1n) is 7.95. The highest BCUT2D eigenvalue weighted by Gasteiger charge is 2.41. The predicted octanol–water partition coefficient (Wildman–Crippen LogP) is 4.00. The summed E-state index contributed by atoms with van der Waals surface area (Å²) in [6.45, 7) is 3.30. The van der Waals surface area contributed by atoms with Gasteiger partial charge in [0.1, 0.15) is 22.6 Å². The van der Waals surface area contributed by atoms with E-state index in [9.17, 15) is 14.8 Å². The highest BCUT2D eigenvalue weighted by atomic mass is 31.2. The van der Waals surface area contributed by atoms with Crippen LogP contribution in [0.25, 0.3) is 11.1 Å². The molecule has 3 aromatic rings. The third kappa shape index (κ3) is 2.18. The SMILES string of the molecule is Cc1cc(O)c(C)c(P2(=O)Oc3ccccc3-c3ccccc32)c1O. The number of fused-ring (bicyclic) bond motifs is 3. The van der Waals surface area contributed by atoms with E-state index in [-0.39, 0.29) is 16.8 Å². The molecule has 4 rings (SSSR count). The Bertz CT molecular complexity index is 1030. The molecule has 1 aliphatic rings. The lowest BCUT2D eigenvalue weighted by molar-refractivity contribution is 0.453. The van der Waals surface area contributed by atoms with E-state index < -0.39 is 7.37 Å². The Morgan fingerprint density at radius 2 is 1.56 bits per heavy atom. The summed E-state index contributed by atoms with van der Waals surface area (Å²) in [5.41, 5.74) is 2.49. The van der Waals surface area contributed by atoms with Crippen molar-refractivity contribution in [2.24, 2.45) is 0 Å². The zero-order chi connectivity index (χ0) is 17.8. The van der Waals surface area contributed by atoms with Crippen molar-refractivity contribution in [1.82, 2.24) is 0 Å². The molecule has 1 unspecified atom stereocenters. The molecule has 0 aliphatic carbocycles. The van der Waals surface area contributed by atoms with E-state index in [0.29, 0.717) is 22.2 Å². The van der Waals surface area contributed by atoms with Crippen molar-refractivity contribution in [3.63, 3.8) is 0 Å². The molecular weight excluding hydrogens is 335 g/mol. The monoisotopic (exact) mass is 352 g/mol. The van der Waals surface area contributed by atoms with Crippen LogP contribution in [0.15, 0.2) is 54.6 Å². The number of rotatable bonds is 1. The Balaban J connectivity index is 2.10. The predicted molar refractivity (Wildman–Crippen MR) is 98.6 cm³/mol. The van der Waals surface area contributed by atoms with Gasteiger partial charge in [-0.1, -0.05) is 36.4 Å². The van der Waals surface area contributed by atoms with Crippen LogP contribution in [0.4, 0.5) is 0 Å². The molecule has 25 heavy (non-hydrogen) atoms. The van der Waals surface area contributed by atoms with Gasteiger partial charge in [-0.3, -0.25) is 4.57 Å². The van der Waals surface area contributed by atoms with E-state index in [1.54, 1.807) is 32.0 Å². The van der Waals surface area contributed by atoms with E-state index in [0.717, 1.165) is 11.1 Å². The Kier molecular flexibility index (Phi) is 3.41. The van der Waals surface area contributed by atoms with Gasteiger partial charge in [-0.25, -0.2) is 0 Å². The van der Waals surface area contributed by atoms with Crippen LogP contribution >= 0.6 is 7.37 Å². The number of para-hydroxylation sites is 1. The first-order valence-corrected chi connectivity index (χ1v) is 9.57. The zero-order valence-corrected chi connectivity index (χ0v) is 14.7. The van der Waals surface area contributed by atoms with E-state index in [2.05, 4.69) is 0 Å². The molecule has 4 nitrogen and oxygen atoms in total. The lowest BCUT2D eigenvalue weighted by Gasteiger charge is -2.30. The van der Waals surface area contributed by atoms with Crippen LogP contribution in [0.3, 0.4) is 0 Å². The summed E-state index contributed by atoms with van der Waals surface area (Å²) in [7, 11) is -3.63. The molecule has 1 aliphatic heterocycles. The standard InChI is InChI=1S/C20H17O4P/c1-12-11-16(21)13(2)20(19(12)22)25(23)18-10-6-4-8-15(18)14-7-3-5-9-17(14)24-25/h3-11,21-22H,1-2H3. The largest absolute Gasteiger partial charge is 0.508 e. The number of aromatic hydroxyl groups is 2. The van der Waals surface area contributed by atoms with Gasteiger partial charge < -0.3 is 14.7 Å². The molecule has 0 aromatic heterocycles. The van der Waals surface area contributed by atoms with Crippen molar-refractivity contribution in [1.29, 1.82) is 0 Å². The van der Waals surface area contributed by atoms with Gasteiger partial charge in [0.15, 0.2) is 0 Å². The molecule has 0 spiro atoms. The fourth-order valence-corrected chi connectivity index (χ4v) is 5.98. The molecule has 0 amide bonds. The van der Waals surface area contributed by atoms with Crippen molar-refractivity contribution in [3.8, 4) is 28.4 Å². The maximum atomic E-state index is 14.1. The number of phenolic OH excluding ortho intramolecular Hbond substituents is 2. The van der Waals surface area contributed by atoms with E-state index >= 15 is 0 Å². The number of aryl methyl sites for hydroxylation is 1. The summed E-state index contributed by atoms with van der Waals surface area (Å²) in [4.78, 5) is 0. The van der Waals surface area contributed by atoms with Gasteiger partial charge in [0, 0.05) is 11.1 Å². The molecule has 0 saturated heterocycles. The van der Waals surface area contributed by atoms with Crippen LogP contribution in [0, 0.1) is 13.8 Å². The number of benzene rings is 3. The number of hydrogen-bond donors (Lipinski definition) is 2. The molecule has 1 atom stereocenters. The van der Waals surface area contributed by atoms with Gasteiger partial charge in [-0.2, -0.15) is 0 Å². The van der Waals surface area contributed by atoms with E-state index in [4.69, 9.17) is 4.52 Å². The van der Waals surface area contributed by atoms with Crippen molar-refractivity contribution in [2.75, 3.05) is 0 Å². The second kappa shape index (κ2) is 5.40. The van der Waals surface area contributed by atoms with Crippen LogP contribution < -0.4 is 15.1 Å². The highest BCUT2D eigenvalue weighted by Crippen LogP contribution is 2.56. The fourth-order valence-electron chi connectivity index (χ4n) is 3.31. The van der Waals surface area contributed by atoms with Gasteiger partial charge in [0.05, 0.1) is 5.30 Å². The third-order valence-corrected chi connectivity index (χ3v) is 7.22. The summed E-state index contributed by atoms with van der Waals surface area (Å²) in [5, 5.41) is 21.5. The Morgan fingerprint density at radius 1 is 0.920 bits per heavy atom. The lowest BCUT2D eigenvalue weighted by Crippen LogP contribution is -2.27. The van der Waals surface area contributed by atoms with Crippen molar-refractivity contribution in [2.45, 2.75) is 13.8 Å². The molecular formula is C20H17O4P. The van der Waals surface area contributed by atoms with Crippen molar-refractivity contribution in [3.05, 3.63) is 65.7 Å². The Hall–Kier alpha value is -2.71. The highest BCUT2D eigenvalue weighted by molar-refractivity contribution is 7.75. The second-order valence-electron chi connectivity index (χ2n) is 6.19. The average Bonchev–Trinajstić information content (AvgIpc) is 2.60. The van der Waals surface area contributed by atoms with Gasteiger partial charge in [0.25, 0.3) is 0 Å². The minimum absolute atomic E-state index is 0.0135. The second-order valence-corrected chi connectivity index (χ2v) is 8.41. The third-order valence-electron chi connectivity index (χ3n) is 4.61. The number of hydrogen-bond acceptors (Lipinski definition) is 4. The maximum Gasteiger partial charge on any atom is 0.311 e. The fraction of sp³-hybridized carbons (Fsp3) is 0.100. The smallest absolute Gasteiger partial charge is 0.311 e. The molecule has 2 N–H and O–H groups in total. The molecule has 1 heterocycles. The summed E-state index contributed by atoms with van der Waals surface area (Å²) < 4.78 is 20.1. The van der Waals surface area contributed by atoms with Gasteiger partial charge in [-0.15, -0.1) is 0 Å². The van der Waals surface area contributed by atoms with Crippen LogP contribution in [0.2, 0.25) is 0 Å². The minimum Gasteiger partial charge on any atom is -0.508 e. The Morgan fingerprint density at radius 3 is 2.32 bits per heavy atom. The summed E-state index contributed by atoms with van der Waals surface area (Å²) in [5.74, 6) is 0.387. The summed E-state index contributed by atoms with van der Waals surface area (Å²) >= 11 is 0. The average molecular weight is 352 g/mol. The summed E-state index contributed by atoms with van der Waals surface area (Å²) in [6.07, 6.45) is 0. The van der Waals surface area contributed by atoms with E-state index in [1.165, 1.54) is 6.07 Å². The van der Waals surface area contributed by atoms with Crippen LogP contribution in [-0.4, -0.2) is 10.2 Å². The van der Waals surface area contributed by atoms with Crippen LogP contribution in [0.5, 0.6) is 17.2 Å². The first-order chi connectivity index (χ1) is 11.9. The van der Waals surface area contributed by atoms with Crippen molar-refractivity contribution < 1.29 is 19.3 Å². The zero-order valence-electron chi connectivity index (χ0n) is 13.9. The summed E-state index contributed by atoms with van der Waals surface area (Å²) in [6, 6.07) is 16.2. The van der Waals surface area contributed by atoms with Gasteiger partial charge in [0.2, 0.25) is 0 Å². The number of phenols is 2. The van der Waals surface area contributed by atoms with Crippen LogP contribution in [0.1, 0.15) is 11.1 Å². The first kappa shape index (κ1) is 15.8. The van der Waals surface area contributed by atoms with Gasteiger partial charge in [-0.05, 0) is 43.2 Å². The van der Waals surface area contributed by atoms with Gasteiger partial charge >= 0.3 is 7.37 Å². The maximum absolute atomic E-state index is 14.1. The quantitative estimate of drug-likeness (QED) is 0.513. The van der Waals surface area contributed by atoms with Crippen LogP contribution in [-0.2, 0) is 4.57 Å². The minimum atomic E-state index is -3.63. The molecule has 126 valence electrons. The normalized spacial score (nSPS) is 18.2. The Labute approximate surface area is 145 Å². The molecule has 3 aromatic carbocycles. The topological polar surface area (TPSA) is 66.8 Å². The molecule has 0 bridgehead atoms. The molecule has 0 fully saturated rings.